The molecule has 0 atom stereocenters. The molecule has 1 aliphatic rings. The number of carbonyl (C=O) groups excluding carboxylic acids is 1. The Labute approximate surface area is 170 Å². The molecule has 0 unspecified atom stereocenters. The highest BCUT2D eigenvalue weighted by atomic mass is 79.9. The molecule has 0 radical (unpaired) electrons. The van der Waals surface area contributed by atoms with Gasteiger partial charge >= 0.3 is 0 Å². The van der Waals surface area contributed by atoms with E-state index in [1.807, 2.05) is 42.8 Å². The molecule has 1 aromatic carbocycles. The molecule has 26 heavy (non-hydrogen) atoms. The average molecular weight is 453 g/mol. The van der Waals surface area contributed by atoms with Gasteiger partial charge in [-0.2, -0.15) is 5.01 Å². The van der Waals surface area contributed by atoms with Crippen molar-refractivity contribution >= 4 is 56.2 Å². The van der Waals surface area contributed by atoms with Crippen molar-refractivity contribution in [1.29, 1.82) is 0 Å². The van der Waals surface area contributed by atoms with Crippen LogP contribution in [-0.2, 0) is 4.79 Å². The number of amides is 1. The van der Waals surface area contributed by atoms with E-state index in [9.17, 15) is 4.79 Å². The number of ether oxygens (including phenoxy) is 2. The molecule has 1 saturated heterocycles. The lowest BCUT2D eigenvalue weighted by Gasteiger charge is -2.20. The van der Waals surface area contributed by atoms with Gasteiger partial charge < -0.3 is 9.47 Å². The van der Waals surface area contributed by atoms with Crippen LogP contribution in [0.4, 0.5) is 0 Å². The van der Waals surface area contributed by atoms with Gasteiger partial charge in [0.1, 0.15) is 0 Å². The highest BCUT2D eigenvalue weighted by molar-refractivity contribution is 9.10. The minimum absolute atomic E-state index is 0.145. The summed E-state index contributed by atoms with van der Waals surface area (Å²) in [5.41, 5.74) is 2.72. The Bertz CT molecular complexity index is 917. The van der Waals surface area contributed by atoms with Gasteiger partial charge in [0.25, 0.3) is 5.91 Å². The van der Waals surface area contributed by atoms with Crippen LogP contribution in [0.3, 0.4) is 0 Å². The van der Waals surface area contributed by atoms with Crippen LogP contribution in [0.5, 0.6) is 11.5 Å². The standard InChI is InChI=1S/C18H17BrN2O3S2/c1-10-5-6-11(2)20(10)21-17(22)15(26-18(21)25)9-12-7-13(19)16(24-4)14(8-12)23-3/h5-9H,1-4H3/b15-9+. The first-order valence-corrected chi connectivity index (χ1v) is 9.74. The van der Waals surface area contributed by atoms with E-state index >= 15 is 0 Å². The Balaban J connectivity index is 2.00. The fraction of sp³-hybridized carbons (Fsp3) is 0.222. The summed E-state index contributed by atoms with van der Waals surface area (Å²) in [5.74, 6) is 1.05. The zero-order chi connectivity index (χ0) is 19.0. The lowest BCUT2D eigenvalue weighted by atomic mass is 10.2. The van der Waals surface area contributed by atoms with Gasteiger partial charge in [-0.25, -0.2) is 0 Å². The maximum Gasteiger partial charge on any atom is 0.285 e. The topological polar surface area (TPSA) is 43.7 Å². The van der Waals surface area contributed by atoms with Crippen LogP contribution < -0.4 is 14.5 Å². The molecule has 8 heteroatoms. The van der Waals surface area contributed by atoms with Crippen molar-refractivity contribution in [3.8, 4) is 11.5 Å². The fourth-order valence-corrected chi connectivity index (χ4v) is 4.64. The molecule has 1 aromatic heterocycles. The molecule has 0 saturated carbocycles. The van der Waals surface area contributed by atoms with Crippen LogP contribution in [0.25, 0.3) is 6.08 Å². The number of halogens is 1. The van der Waals surface area contributed by atoms with E-state index in [1.165, 1.54) is 16.8 Å². The monoisotopic (exact) mass is 452 g/mol. The molecule has 0 aliphatic carbocycles. The molecule has 0 spiro atoms. The number of methoxy groups -OCH3 is 2. The SMILES string of the molecule is COc1cc(/C=C2/SC(=S)N(n3c(C)ccc3C)C2=O)cc(Br)c1OC. The summed E-state index contributed by atoms with van der Waals surface area (Å²) >= 11 is 10.2. The second kappa shape index (κ2) is 7.46. The van der Waals surface area contributed by atoms with Gasteiger partial charge in [0.2, 0.25) is 0 Å². The summed E-state index contributed by atoms with van der Waals surface area (Å²) in [4.78, 5) is 13.5. The lowest BCUT2D eigenvalue weighted by Crippen LogP contribution is -2.39. The smallest absolute Gasteiger partial charge is 0.285 e. The molecule has 1 amide bonds. The molecular formula is C18H17BrN2O3S2. The molecule has 0 bridgehead atoms. The molecule has 1 aliphatic heterocycles. The Morgan fingerprint density at radius 2 is 1.81 bits per heavy atom. The fourth-order valence-electron chi connectivity index (χ4n) is 2.78. The highest BCUT2D eigenvalue weighted by Crippen LogP contribution is 2.38. The number of aryl methyl sites for hydroxylation is 2. The number of hydrogen-bond acceptors (Lipinski definition) is 5. The Morgan fingerprint density at radius 3 is 2.38 bits per heavy atom. The largest absolute Gasteiger partial charge is 0.493 e. The van der Waals surface area contributed by atoms with Crippen molar-refractivity contribution in [1.82, 2.24) is 4.68 Å². The second-order valence-electron chi connectivity index (χ2n) is 5.66. The van der Waals surface area contributed by atoms with Crippen LogP contribution in [0.2, 0.25) is 0 Å². The Morgan fingerprint density at radius 1 is 1.15 bits per heavy atom. The minimum atomic E-state index is -0.145. The summed E-state index contributed by atoms with van der Waals surface area (Å²) in [6, 6.07) is 7.62. The van der Waals surface area contributed by atoms with Crippen molar-refractivity contribution < 1.29 is 14.3 Å². The molecule has 1 fully saturated rings. The first kappa shape index (κ1) is 19.0. The summed E-state index contributed by atoms with van der Waals surface area (Å²) in [5, 5.41) is 1.53. The van der Waals surface area contributed by atoms with Crippen LogP contribution in [-0.4, -0.2) is 29.1 Å². The van der Waals surface area contributed by atoms with E-state index in [0.717, 1.165) is 21.4 Å². The first-order valence-electron chi connectivity index (χ1n) is 7.72. The van der Waals surface area contributed by atoms with Gasteiger partial charge in [-0.15, -0.1) is 0 Å². The van der Waals surface area contributed by atoms with Crippen molar-refractivity contribution in [2.24, 2.45) is 0 Å². The van der Waals surface area contributed by atoms with Gasteiger partial charge in [-0.1, -0.05) is 11.8 Å². The third kappa shape index (κ3) is 3.28. The molecule has 136 valence electrons. The number of benzene rings is 1. The Hall–Kier alpha value is -1.77. The third-order valence-corrected chi connectivity index (χ3v) is 5.83. The molecule has 2 aromatic rings. The zero-order valence-electron chi connectivity index (χ0n) is 14.7. The maximum absolute atomic E-state index is 12.9. The van der Waals surface area contributed by atoms with E-state index in [0.29, 0.717) is 20.7 Å². The van der Waals surface area contributed by atoms with Crippen LogP contribution in [0.15, 0.2) is 33.6 Å². The quantitative estimate of drug-likeness (QED) is 0.507. The summed E-state index contributed by atoms with van der Waals surface area (Å²) in [6.07, 6.45) is 1.81. The van der Waals surface area contributed by atoms with Crippen molar-refractivity contribution in [2.45, 2.75) is 13.8 Å². The van der Waals surface area contributed by atoms with Gasteiger partial charge in [0.15, 0.2) is 15.8 Å². The molecular weight excluding hydrogens is 436 g/mol. The van der Waals surface area contributed by atoms with Crippen LogP contribution in [0, 0.1) is 13.8 Å². The van der Waals surface area contributed by atoms with E-state index in [2.05, 4.69) is 15.9 Å². The van der Waals surface area contributed by atoms with Gasteiger partial charge in [-0.3, -0.25) is 9.47 Å². The third-order valence-electron chi connectivity index (χ3n) is 3.96. The number of nitrogens with zero attached hydrogens (tertiary/aromatic N) is 2. The van der Waals surface area contributed by atoms with Crippen molar-refractivity contribution in [3.63, 3.8) is 0 Å². The summed E-state index contributed by atoms with van der Waals surface area (Å²) < 4.78 is 13.8. The minimum Gasteiger partial charge on any atom is -0.493 e. The van der Waals surface area contributed by atoms with E-state index in [-0.39, 0.29) is 5.91 Å². The number of aromatic nitrogens is 1. The first-order chi connectivity index (χ1) is 12.4. The molecule has 3 rings (SSSR count). The summed E-state index contributed by atoms with van der Waals surface area (Å²) in [6.45, 7) is 3.89. The number of thiocarbonyl (C=S) groups is 1. The second-order valence-corrected chi connectivity index (χ2v) is 8.19. The predicted octanol–water partition coefficient (Wildman–Crippen LogP) is 4.42. The van der Waals surface area contributed by atoms with Crippen LogP contribution >= 0.6 is 39.9 Å². The van der Waals surface area contributed by atoms with E-state index in [4.69, 9.17) is 21.7 Å². The zero-order valence-corrected chi connectivity index (χ0v) is 17.9. The van der Waals surface area contributed by atoms with E-state index in [1.54, 1.807) is 20.3 Å². The van der Waals surface area contributed by atoms with Crippen molar-refractivity contribution in [2.75, 3.05) is 19.2 Å². The maximum atomic E-state index is 12.9. The number of hydrogen-bond donors (Lipinski definition) is 0. The van der Waals surface area contributed by atoms with Gasteiger partial charge in [0, 0.05) is 11.4 Å². The lowest BCUT2D eigenvalue weighted by molar-refractivity contribution is -0.114. The van der Waals surface area contributed by atoms with E-state index < -0.39 is 0 Å². The highest BCUT2D eigenvalue weighted by Gasteiger charge is 2.34. The molecule has 0 N–H and O–H groups in total. The summed E-state index contributed by atoms with van der Waals surface area (Å²) in [7, 11) is 3.15. The Kier molecular flexibility index (Phi) is 5.45. The molecule has 5 nitrogen and oxygen atoms in total. The van der Waals surface area contributed by atoms with Crippen LogP contribution in [0.1, 0.15) is 17.0 Å². The van der Waals surface area contributed by atoms with Gasteiger partial charge in [0.05, 0.1) is 23.6 Å². The number of carbonyl (C=O) groups is 1. The van der Waals surface area contributed by atoms with Gasteiger partial charge in [-0.05, 0) is 77.9 Å². The van der Waals surface area contributed by atoms with Crippen molar-refractivity contribution in [3.05, 3.63) is 50.6 Å². The normalized spacial score (nSPS) is 15.9. The number of thioether (sulfide) groups is 1. The molecule has 2 heterocycles. The number of rotatable bonds is 4. The predicted molar refractivity (Wildman–Crippen MR) is 113 cm³/mol. The average Bonchev–Trinajstić information content (AvgIpc) is 3.06.